The van der Waals surface area contributed by atoms with Gasteiger partial charge in [-0.05, 0) is 0 Å². The second kappa shape index (κ2) is 8.66. The lowest BCUT2D eigenvalue weighted by Crippen LogP contribution is -2.46. The fourth-order valence-electron chi connectivity index (χ4n) is 3.63. The largest absolute Gasteiger partial charge is 0.377 e. The average Bonchev–Trinajstić information content (AvgIpc) is 3.14. The van der Waals surface area contributed by atoms with Crippen LogP contribution in [-0.2, 0) is 21.4 Å². The molecule has 2 amide bonds. The van der Waals surface area contributed by atoms with Crippen LogP contribution in [0.5, 0.6) is 0 Å². The molecule has 2 N–H and O–H groups in total. The van der Waals surface area contributed by atoms with Crippen LogP contribution in [0.4, 0.5) is 5.95 Å². The van der Waals surface area contributed by atoms with E-state index in [4.69, 9.17) is 4.74 Å². The van der Waals surface area contributed by atoms with E-state index in [1.165, 1.54) is 6.20 Å². The highest BCUT2D eigenvalue weighted by Gasteiger charge is 2.23. The molecule has 0 aliphatic carbocycles. The predicted molar refractivity (Wildman–Crippen MR) is 109 cm³/mol. The quantitative estimate of drug-likeness (QED) is 0.655. The van der Waals surface area contributed by atoms with Gasteiger partial charge in [-0.3, -0.25) is 24.0 Å². The standard InChI is InChI=1S/C19H25N7O4/c1-24-16-14(12-21-24)17(28)23-19(22-16)26-7-5-20-15(27)2-6-25(8-9-26)18(29)13-3-10-30-11-4-13/h3,12H,2,4-11H2,1H3,(H,20,27)(H,22,23,28). The maximum atomic E-state index is 13.0. The molecule has 0 unspecified atom stereocenters. The van der Waals surface area contributed by atoms with E-state index in [9.17, 15) is 14.4 Å². The Balaban J connectivity index is 1.59. The minimum absolute atomic E-state index is 0.0739. The van der Waals surface area contributed by atoms with E-state index in [-0.39, 0.29) is 23.8 Å². The Bertz CT molecular complexity index is 1040. The Labute approximate surface area is 172 Å². The lowest BCUT2D eigenvalue weighted by Gasteiger charge is -2.30. The first-order valence-electron chi connectivity index (χ1n) is 10.0. The number of carbonyl (C=O) groups is 2. The Morgan fingerprint density at radius 3 is 2.83 bits per heavy atom. The van der Waals surface area contributed by atoms with Gasteiger partial charge in [0.2, 0.25) is 17.8 Å². The zero-order valence-electron chi connectivity index (χ0n) is 16.9. The molecule has 0 saturated carbocycles. The highest BCUT2D eigenvalue weighted by Crippen LogP contribution is 2.14. The van der Waals surface area contributed by atoms with Crippen molar-refractivity contribution in [1.29, 1.82) is 0 Å². The van der Waals surface area contributed by atoms with E-state index in [2.05, 4.69) is 20.4 Å². The van der Waals surface area contributed by atoms with E-state index >= 15 is 0 Å². The van der Waals surface area contributed by atoms with Gasteiger partial charge in [0, 0.05) is 58.2 Å². The van der Waals surface area contributed by atoms with Gasteiger partial charge in [-0.2, -0.15) is 10.1 Å². The van der Waals surface area contributed by atoms with Crippen molar-refractivity contribution >= 4 is 28.8 Å². The number of nitrogens with zero attached hydrogens (tertiary/aromatic N) is 5. The molecule has 2 aliphatic heterocycles. The van der Waals surface area contributed by atoms with Crippen LogP contribution < -0.4 is 15.8 Å². The summed E-state index contributed by atoms with van der Waals surface area (Å²) in [6.45, 7) is 3.04. The molecule has 4 rings (SSSR count). The van der Waals surface area contributed by atoms with Gasteiger partial charge in [-0.15, -0.1) is 0 Å². The molecule has 0 radical (unpaired) electrons. The van der Waals surface area contributed by atoms with E-state index < -0.39 is 0 Å². The number of hydrogen-bond donors (Lipinski definition) is 2. The maximum absolute atomic E-state index is 13.0. The highest BCUT2D eigenvalue weighted by atomic mass is 16.5. The molecule has 30 heavy (non-hydrogen) atoms. The number of nitrogens with one attached hydrogen (secondary N) is 2. The van der Waals surface area contributed by atoms with Crippen LogP contribution in [0.25, 0.3) is 11.0 Å². The lowest BCUT2D eigenvalue weighted by molar-refractivity contribution is -0.128. The number of aryl methyl sites for hydroxylation is 1. The van der Waals surface area contributed by atoms with Crippen molar-refractivity contribution in [3.63, 3.8) is 0 Å². The molecule has 2 aromatic rings. The Kier molecular flexibility index (Phi) is 5.79. The lowest BCUT2D eigenvalue weighted by atomic mass is 10.1. The number of aromatic nitrogens is 4. The summed E-state index contributed by atoms with van der Waals surface area (Å²) in [6.07, 6.45) is 4.11. The van der Waals surface area contributed by atoms with Gasteiger partial charge in [0.05, 0.1) is 19.4 Å². The Hall–Kier alpha value is -3.21. The third kappa shape index (κ3) is 4.20. The second-order valence-electron chi connectivity index (χ2n) is 7.33. The van der Waals surface area contributed by atoms with Crippen molar-refractivity contribution in [2.75, 3.05) is 50.8 Å². The molecule has 11 heteroatoms. The number of fused-ring (bicyclic) bond motifs is 1. The van der Waals surface area contributed by atoms with Gasteiger partial charge in [0.15, 0.2) is 5.65 Å². The number of H-pyrrole nitrogens is 1. The Morgan fingerprint density at radius 1 is 1.17 bits per heavy atom. The van der Waals surface area contributed by atoms with E-state index in [0.29, 0.717) is 74.9 Å². The van der Waals surface area contributed by atoms with Gasteiger partial charge in [-0.25, -0.2) is 0 Å². The molecular formula is C19H25N7O4. The topological polar surface area (TPSA) is 125 Å². The molecule has 0 spiro atoms. The van der Waals surface area contributed by atoms with Crippen LogP contribution in [0.2, 0.25) is 0 Å². The number of hydrogen-bond acceptors (Lipinski definition) is 7. The van der Waals surface area contributed by atoms with Crippen molar-refractivity contribution in [3.8, 4) is 0 Å². The molecule has 11 nitrogen and oxygen atoms in total. The molecule has 0 aromatic carbocycles. The van der Waals surface area contributed by atoms with Crippen LogP contribution in [0.1, 0.15) is 12.8 Å². The molecule has 4 heterocycles. The van der Waals surface area contributed by atoms with Crippen LogP contribution in [0.15, 0.2) is 22.6 Å². The van der Waals surface area contributed by atoms with Crippen LogP contribution in [0, 0.1) is 0 Å². The van der Waals surface area contributed by atoms with Gasteiger partial charge >= 0.3 is 0 Å². The first-order valence-corrected chi connectivity index (χ1v) is 10.0. The summed E-state index contributed by atoms with van der Waals surface area (Å²) < 4.78 is 6.84. The number of rotatable bonds is 2. The summed E-state index contributed by atoms with van der Waals surface area (Å²) in [5.74, 6) is 0.206. The van der Waals surface area contributed by atoms with Gasteiger partial charge in [-0.1, -0.05) is 6.08 Å². The number of aromatic amines is 1. The zero-order chi connectivity index (χ0) is 21.1. The zero-order valence-corrected chi connectivity index (χ0v) is 16.9. The van der Waals surface area contributed by atoms with E-state index in [1.54, 1.807) is 22.7 Å². The van der Waals surface area contributed by atoms with Crippen molar-refractivity contribution in [1.82, 2.24) is 30.0 Å². The minimum atomic E-state index is -0.274. The maximum Gasteiger partial charge on any atom is 0.263 e. The number of carbonyl (C=O) groups excluding carboxylic acids is 2. The molecule has 0 bridgehead atoms. The first kappa shape index (κ1) is 20.1. The third-order valence-corrected chi connectivity index (χ3v) is 5.37. The monoisotopic (exact) mass is 415 g/mol. The fourth-order valence-corrected chi connectivity index (χ4v) is 3.63. The van der Waals surface area contributed by atoms with Gasteiger partial charge in [0.25, 0.3) is 5.56 Å². The summed E-state index contributed by atoms with van der Waals surface area (Å²) in [6, 6.07) is 0. The summed E-state index contributed by atoms with van der Waals surface area (Å²) in [4.78, 5) is 48.5. The predicted octanol–water partition coefficient (Wildman–Crippen LogP) is -0.842. The number of anilines is 1. The highest BCUT2D eigenvalue weighted by molar-refractivity contribution is 5.94. The summed E-state index contributed by atoms with van der Waals surface area (Å²) >= 11 is 0. The normalized spacial score (nSPS) is 18.8. The third-order valence-electron chi connectivity index (χ3n) is 5.37. The van der Waals surface area contributed by atoms with Crippen molar-refractivity contribution in [2.45, 2.75) is 12.8 Å². The number of amides is 2. The molecule has 1 fully saturated rings. The van der Waals surface area contributed by atoms with Gasteiger partial charge < -0.3 is 19.9 Å². The van der Waals surface area contributed by atoms with E-state index in [0.717, 1.165) is 0 Å². The molecular weight excluding hydrogens is 390 g/mol. The van der Waals surface area contributed by atoms with Crippen molar-refractivity contribution in [3.05, 3.63) is 28.2 Å². The van der Waals surface area contributed by atoms with Crippen LogP contribution in [-0.4, -0.2) is 82.4 Å². The van der Waals surface area contributed by atoms with Crippen molar-refractivity contribution < 1.29 is 14.3 Å². The molecule has 0 atom stereocenters. The summed E-state index contributed by atoms with van der Waals surface area (Å²) in [5, 5.41) is 7.36. The fraction of sp³-hybridized carbons (Fsp3) is 0.526. The summed E-state index contributed by atoms with van der Waals surface area (Å²) in [5.41, 5.74) is 0.924. The smallest absolute Gasteiger partial charge is 0.263 e. The van der Waals surface area contributed by atoms with Crippen LogP contribution >= 0.6 is 0 Å². The van der Waals surface area contributed by atoms with Gasteiger partial charge in [0.1, 0.15) is 5.39 Å². The first-order chi connectivity index (χ1) is 14.5. The molecule has 2 aliphatic rings. The minimum Gasteiger partial charge on any atom is -0.377 e. The molecule has 1 saturated heterocycles. The van der Waals surface area contributed by atoms with Crippen molar-refractivity contribution in [2.24, 2.45) is 7.05 Å². The molecule has 160 valence electrons. The Morgan fingerprint density at radius 2 is 2.03 bits per heavy atom. The SMILES string of the molecule is Cn1ncc2c(=O)[nH]c(N3CCNC(=O)CCN(C(=O)C4=CCOCC4)CC3)nc21. The van der Waals surface area contributed by atoms with E-state index in [1.807, 2.05) is 4.90 Å². The summed E-state index contributed by atoms with van der Waals surface area (Å²) in [7, 11) is 1.73. The van der Waals surface area contributed by atoms with Crippen LogP contribution in [0.3, 0.4) is 0 Å². The number of ether oxygens (including phenoxy) is 1. The second-order valence-corrected chi connectivity index (χ2v) is 7.33. The molecule has 2 aromatic heterocycles. The average molecular weight is 415 g/mol.